The third kappa shape index (κ3) is 2.02. The lowest BCUT2D eigenvalue weighted by Gasteiger charge is -2.10. The molecule has 0 spiro atoms. The molecule has 0 radical (unpaired) electrons. The first-order valence-electron chi connectivity index (χ1n) is 5.43. The van der Waals surface area contributed by atoms with E-state index < -0.39 is 5.82 Å². The Bertz CT molecular complexity index is 646. The van der Waals surface area contributed by atoms with Gasteiger partial charge in [0.25, 0.3) is 0 Å². The maximum atomic E-state index is 13.9. The Hall–Kier alpha value is -1.16. The molecule has 4 heteroatoms. The minimum atomic E-state index is -0.498. The standard InChI is InChI=1S/C13H13BrFNO/c1-6(2)9-5-10(17)11-12(15)8(14)4-7(3)13(11)16-9/h4-6H,1-3H3,(H,16,17). The van der Waals surface area contributed by atoms with Gasteiger partial charge in [0.15, 0.2) is 11.2 Å². The average molecular weight is 298 g/mol. The number of benzene rings is 1. The van der Waals surface area contributed by atoms with Crippen LogP contribution in [0.1, 0.15) is 31.0 Å². The molecule has 0 saturated carbocycles. The molecule has 2 aromatic rings. The fourth-order valence-electron chi connectivity index (χ4n) is 1.85. The van der Waals surface area contributed by atoms with Crippen molar-refractivity contribution in [2.75, 3.05) is 0 Å². The second kappa shape index (κ2) is 4.26. The number of hydrogen-bond donors (Lipinski definition) is 1. The fraction of sp³-hybridized carbons (Fsp3) is 0.308. The Morgan fingerprint density at radius 2 is 2.00 bits per heavy atom. The maximum Gasteiger partial charge on any atom is 0.192 e. The molecule has 1 aromatic heterocycles. The van der Waals surface area contributed by atoms with Gasteiger partial charge in [-0.05, 0) is 40.4 Å². The van der Waals surface area contributed by atoms with E-state index in [0.29, 0.717) is 9.99 Å². The number of aromatic amines is 1. The quantitative estimate of drug-likeness (QED) is 0.852. The molecule has 2 rings (SSSR count). The largest absolute Gasteiger partial charge is 0.358 e. The summed E-state index contributed by atoms with van der Waals surface area (Å²) in [4.78, 5) is 15.1. The third-order valence-corrected chi connectivity index (χ3v) is 3.42. The van der Waals surface area contributed by atoms with Gasteiger partial charge in [-0.2, -0.15) is 0 Å². The zero-order valence-corrected chi connectivity index (χ0v) is 11.5. The normalized spacial score (nSPS) is 11.4. The summed E-state index contributed by atoms with van der Waals surface area (Å²) in [6.07, 6.45) is 0. The summed E-state index contributed by atoms with van der Waals surface area (Å²) < 4.78 is 14.2. The van der Waals surface area contributed by atoms with Gasteiger partial charge in [0, 0.05) is 11.8 Å². The Labute approximate surface area is 107 Å². The van der Waals surface area contributed by atoms with Gasteiger partial charge in [-0.1, -0.05) is 13.8 Å². The van der Waals surface area contributed by atoms with Crippen LogP contribution in [0.15, 0.2) is 21.4 Å². The predicted octanol–water partition coefficient (Wildman–Crippen LogP) is 3.86. The molecule has 0 atom stereocenters. The molecular weight excluding hydrogens is 285 g/mol. The number of fused-ring (bicyclic) bond motifs is 1. The van der Waals surface area contributed by atoms with E-state index in [0.717, 1.165) is 11.3 Å². The summed E-state index contributed by atoms with van der Waals surface area (Å²) in [5.74, 6) is -0.291. The molecule has 1 N–H and O–H groups in total. The van der Waals surface area contributed by atoms with Crippen molar-refractivity contribution in [1.82, 2.24) is 4.98 Å². The van der Waals surface area contributed by atoms with E-state index in [-0.39, 0.29) is 16.7 Å². The molecule has 0 amide bonds. The molecule has 17 heavy (non-hydrogen) atoms. The number of aryl methyl sites for hydroxylation is 1. The van der Waals surface area contributed by atoms with Crippen LogP contribution in [0.25, 0.3) is 10.9 Å². The van der Waals surface area contributed by atoms with E-state index in [2.05, 4.69) is 20.9 Å². The monoisotopic (exact) mass is 297 g/mol. The number of rotatable bonds is 1. The first-order valence-corrected chi connectivity index (χ1v) is 6.22. The Kier molecular flexibility index (Phi) is 3.08. The van der Waals surface area contributed by atoms with Crippen LogP contribution in [0, 0.1) is 12.7 Å². The van der Waals surface area contributed by atoms with Crippen LogP contribution in [-0.2, 0) is 0 Å². The number of nitrogens with one attached hydrogen (secondary N) is 1. The molecule has 1 heterocycles. The van der Waals surface area contributed by atoms with Crippen molar-refractivity contribution in [2.45, 2.75) is 26.7 Å². The van der Waals surface area contributed by atoms with Gasteiger partial charge in [-0.15, -0.1) is 0 Å². The lowest BCUT2D eigenvalue weighted by molar-refractivity contribution is 0.631. The van der Waals surface area contributed by atoms with E-state index >= 15 is 0 Å². The van der Waals surface area contributed by atoms with Gasteiger partial charge in [0.05, 0.1) is 15.4 Å². The van der Waals surface area contributed by atoms with Crippen molar-refractivity contribution >= 4 is 26.8 Å². The highest BCUT2D eigenvalue weighted by Gasteiger charge is 2.13. The summed E-state index contributed by atoms with van der Waals surface area (Å²) in [6.45, 7) is 5.83. The van der Waals surface area contributed by atoms with Crippen molar-refractivity contribution in [2.24, 2.45) is 0 Å². The molecule has 90 valence electrons. The molecule has 0 unspecified atom stereocenters. The second-order valence-electron chi connectivity index (χ2n) is 4.48. The highest BCUT2D eigenvalue weighted by Crippen LogP contribution is 2.26. The summed E-state index contributed by atoms with van der Waals surface area (Å²) in [5.41, 5.74) is 1.99. The molecular formula is C13H13BrFNO. The smallest absolute Gasteiger partial charge is 0.192 e. The molecule has 0 aliphatic carbocycles. The molecule has 0 bridgehead atoms. The lowest BCUT2D eigenvalue weighted by Crippen LogP contribution is -2.09. The number of H-pyrrole nitrogens is 1. The second-order valence-corrected chi connectivity index (χ2v) is 5.34. The summed E-state index contributed by atoms with van der Waals surface area (Å²) >= 11 is 3.12. The topological polar surface area (TPSA) is 32.9 Å². The van der Waals surface area contributed by atoms with Crippen molar-refractivity contribution in [3.63, 3.8) is 0 Å². The van der Waals surface area contributed by atoms with E-state index in [1.54, 1.807) is 6.07 Å². The number of pyridine rings is 1. The minimum Gasteiger partial charge on any atom is -0.358 e. The SMILES string of the molecule is Cc1cc(Br)c(F)c2c(=O)cc(C(C)C)[nH]c12. The van der Waals surface area contributed by atoms with Crippen LogP contribution in [0.3, 0.4) is 0 Å². The highest BCUT2D eigenvalue weighted by atomic mass is 79.9. The molecule has 1 aromatic carbocycles. The van der Waals surface area contributed by atoms with Crippen LogP contribution >= 0.6 is 15.9 Å². The number of hydrogen-bond acceptors (Lipinski definition) is 1. The van der Waals surface area contributed by atoms with Crippen LogP contribution in [0.5, 0.6) is 0 Å². The van der Waals surface area contributed by atoms with Crippen LogP contribution in [0.2, 0.25) is 0 Å². The van der Waals surface area contributed by atoms with Crippen LogP contribution in [0.4, 0.5) is 4.39 Å². The minimum absolute atomic E-state index is 0.126. The molecule has 0 aliphatic heterocycles. The van der Waals surface area contributed by atoms with Gasteiger partial charge in [0.1, 0.15) is 0 Å². The van der Waals surface area contributed by atoms with Gasteiger partial charge >= 0.3 is 0 Å². The fourth-order valence-corrected chi connectivity index (χ4v) is 2.39. The third-order valence-electron chi connectivity index (χ3n) is 2.84. The van der Waals surface area contributed by atoms with E-state index in [1.165, 1.54) is 6.07 Å². The van der Waals surface area contributed by atoms with Gasteiger partial charge < -0.3 is 4.98 Å². The van der Waals surface area contributed by atoms with Gasteiger partial charge in [-0.3, -0.25) is 4.79 Å². The lowest BCUT2D eigenvalue weighted by atomic mass is 10.1. The predicted molar refractivity (Wildman–Crippen MR) is 71.1 cm³/mol. The van der Waals surface area contributed by atoms with Crippen molar-refractivity contribution < 1.29 is 4.39 Å². The zero-order chi connectivity index (χ0) is 12.7. The van der Waals surface area contributed by atoms with E-state index in [9.17, 15) is 9.18 Å². The summed E-state index contributed by atoms with van der Waals surface area (Å²) in [5, 5.41) is 0.126. The molecule has 2 nitrogen and oxygen atoms in total. The maximum absolute atomic E-state index is 13.9. The van der Waals surface area contributed by atoms with Crippen molar-refractivity contribution in [1.29, 1.82) is 0 Å². The first kappa shape index (κ1) is 12.3. The molecule has 0 aliphatic rings. The Morgan fingerprint density at radius 1 is 1.35 bits per heavy atom. The number of halogens is 2. The van der Waals surface area contributed by atoms with Gasteiger partial charge in [-0.25, -0.2) is 4.39 Å². The van der Waals surface area contributed by atoms with Gasteiger partial charge in [0.2, 0.25) is 0 Å². The van der Waals surface area contributed by atoms with Crippen molar-refractivity contribution in [3.05, 3.63) is 43.9 Å². The van der Waals surface area contributed by atoms with E-state index in [1.807, 2.05) is 20.8 Å². The highest BCUT2D eigenvalue weighted by molar-refractivity contribution is 9.10. The first-order chi connectivity index (χ1) is 7.91. The molecule has 0 saturated heterocycles. The summed E-state index contributed by atoms with van der Waals surface area (Å²) in [7, 11) is 0. The van der Waals surface area contributed by atoms with Crippen molar-refractivity contribution in [3.8, 4) is 0 Å². The number of aromatic nitrogens is 1. The Balaban J connectivity index is 2.96. The van der Waals surface area contributed by atoms with Crippen LogP contribution < -0.4 is 5.43 Å². The Morgan fingerprint density at radius 3 is 2.59 bits per heavy atom. The summed E-state index contributed by atoms with van der Waals surface area (Å²) in [6, 6.07) is 3.15. The van der Waals surface area contributed by atoms with E-state index in [4.69, 9.17) is 0 Å². The molecule has 0 fully saturated rings. The zero-order valence-electron chi connectivity index (χ0n) is 9.90. The van der Waals surface area contributed by atoms with Crippen LogP contribution in [-0.4, -0.2) is 4.98 Å². The average Bonchev–Trinajstić information content (AvgIpc) is 2.25.